The van der Waals surface area contributed by atoms with Gasteiger partial charge in [-0.3, -0.25) is 9.67 Å². The van der Waals surface area contributed by atoms with E-state index in [4.69, 9.17) is 9.47 Å². The fourth-order valence-electron chi connectivity index (χ4n) is 3.05. The zero-order valence-electron chi connectivity index (χ0n) is 17.8. The Hall–Kier alpha value is -1.97. The number of guanidine groups is 1. The van der Waals surface area contributed by atoms with Crippen molar-refractivity contribution in [1.82, 2.24) is 20.0 Å². The normalized spacial score (nSPS) is 11.2. The van der Waals surface area contributed by atoms with Crippen LogP contribution in [0, 0.1) is 0 Å². The Balaban J connectivity index is 0.00000392. The lowest BCUT2D eigenvalue weighted by Crippen LogP contribution is -2.38. The van der Waals surface area contributed by atoms with Crippen LogP contribution >= 0.6 is 24.0 Å². The first-order chi connectivity index (χ1) is 12.9. The molecule has 0 saturated heterocycles. The van der Waals surface area contributed by atoms with Gasteiger partial charge in [-0.2, -0.15) is 5.10 Å². The van der Waals surface area contributed by atoms with Crippen molar-refractivity contribution in [3.05, 3.63) is 41.2 Å². The fraction of sp³-hybridized carbons (Fsp3) is 0.500. The highest BCUT2D eigenvalue weighted by atomic mass is 127. The minimum Gasteiger partial charge on any atom is -0.493 e. The predicted octanol–water partition coefficient (Wildman–Crippen LogP) is 3.39. The van der Waals surface area contributed by atoms with Crippen molar-refractivity contribution in [2.45, 2.75) is 32.9 Å². The maximum atomic E-state index is 5.37. The van der Waals surface area contributed by atoms with E-state index in [0.29, 0.717) is 12.5 Å². The van der Waals surface area contributed by atoms with Gasteiger partial charge in [0.05, 0.1) is 19.9 Å². The molecule has 1 N–H and O–H groups in total. The zero-order valence-corrected chi connectivity index (χ0v) is 20.1. The Morgan fingerprint density at radius 1 is 1.25 bits per heavy atom. The van der Waals surface area contributed by atoms with Crippen molar-refractivity contribution in [3.63, 3.8) is 0 Å². The van der Waals surface area contributed by atoms with Crippen molar-refractivity contribution in [2.75, 3.05) is 28.3 Å². The summed E-state index contributed by atoms with van der Waals surface area (Å²) in [7, 11) is 9.05. The molecule has 0 spiro atoms. The maximum absolute atomic E-state index is 5.37. The molecule has 1 heterocycles. The molecule has 0 aliphatic rings. The van der Waals surface area contributed by atoms with Gasteiger partial charge in [-0.05, 0) is 23.6 Å². The summed E-state index contributed by atoms with van der Waals surface area (Å²) in [4.78, 5) is 6.51. The summed E-state index contributed by atoms with van der Waals surface area (Å²) in [6.07, 6.45) is 2.08. The lowest BCUT2D eigenvalue weighted by molar-refractivity contribution is 0.354. The van der Waals surface area contributed by atoms with Gasteiger partial charge in [0, 0.05) is 46.0 Å². The molecule has 2 rings (SSSR count). The summed E-state index contributed by atoms with van der Waals surface area (Å²) in [5.41, 5.74) is 3.43. The molecule has 0 saturated carbocycles. The minimum atomic E-state index is 0. The number of aromatic nitrogens is 2. The predicted molar refractivity (Wildman–Crippen MR) is 124 cm³/mol. The van der Waals surface area contributed by atoms with Gasteiger partial charge in [0.2, 0.25) is 0 Å². The second-order valence-corrected chi connectivity index (χ2v) is 6.81. The van der Waals surface area contributed by atoms with Crippen molar-refractivity contribution >= 4 is 29.9 Å². The highest BCUT2D eigenvalue weighted by molar-refractivity contribution is 14.0. The second-order valence-electron chi connectivity index (χ2n) is 6.81. The SMILES string of the molecule is CN=C(NCc1ccc(OC)c(OC)c1)N(C)Cc1cn(C)nc1C(C)C.I. The van der Waals surface area contributed by atoms with E-state index in [2.05, 4.69) is 40.4 Å². The van der Waals surface area contributed by atoms with Crippen molar-refractivity contribution in [1.29, 1.82) is 0 Å². The molecule has 2 aromatic rings. The first kappa shape index (κ1) is 24.1. The third-order valence-electron chi connectivity index (χ3n) is 4.36. The Kier molecular flexibility index (Phi) is 9.57. The number of benzene rings is 1. The molecular formula is C20H32IN5O2. The molecule has 0 aliphatic carbocycles. The minimum absolute atomic E-state index is 0. The Morgan fingerprint density at radius 3 is 2.50 bits per heavy atom. The van der Waals surface area contributed by atoms with E-state index >= 15 is 0 Å². The van der Waals surface area contributed by atoms with E-state index in [1.807, 2.05) is 37.0 Å². The number of halogens is 1. The molecule has 0 fully saturated rings. The van der Waals surface area contributed by atoms with E-state index in [1.165, 1.54) is 5.56 Å². The van der Waals surface area contributed by atoms with Crippen LogP contribution in [0.3, 0.4) is 0 Å². The van der Waals surface area contributed by atoms with Gasteiger partial charge < -0.3 is 19.7 Å². The number of aryl methyl sites for hydroxylation is 1. The first-order valence-corrected chi connectivity index (χ1v) is 9.04. The smallest absolute Gasteiger partial charge is 0.193 e. The lowest BCUT2D eigenvalue weighted by Gasteiger charge is -2.22. The lowest BCUT2D eigenvalue weighted by atomic mass is 10.1. The quantitative estimate of drug-likeness (QED) is 0.358. The molecule has 0 aliphatic heterocycles. The van der Waals surface area contributed by atoms with Gasteiger partial charge in [0.15, 0.2) is 17.5 Å². The van der Waals surface area contributed by atoms with E-state index in [0.717, 1.165) is 35.3 Å². The molecule has 0 unspecified atom stereocenters. The third kappa shape index (κ3) is 6.02. The number of nitrogens with one attached hydrogen (secondary N) is 1. The standard InChI is InChI=1S/C20H31N5O2.HI/c1-14(2)19-16(13-25(5)23-19)12-24(4)20(21-3)22-11-15-8-9-17(26-6)18(10-15)27-7;/h8-10,13-14H,11-12H2,1-7H3,(H,21,22);1H. The first-order valence-electron chi connectivity index (χ1n) is 9.04. The van der Waals surface area contributed by atoms with Gasteiger partial charge in [0.1, 0.15) is 0 Å². The summed E-state index contributed by atoms with van der Waals surface area (Å²) < 4.78 is 12.5. The second kappa shape index (κ2) is 11.1. The van der Waals surface area contributed by atoms with Crippen LogP contribution < -0.4 is 14.8 Å². The van der Waals surface area contributed by atoms with Gasteiger partial charge in [-0.25, -0.2) is 0 Å². The van der Waals surface area contributed by atoms with Crippen LogP contribution in [0.1, 0.15) is 36.6 Å². The Labute approximate surface area is 185 Å². The van der Waals surface area contributed by atoms with Crippen LogP contribution in [0.15, 0.2) is 29.4 Å². The van der Waals surface area contributed by atoms with Crippen LogP contribution in [0.5, 0.6) is 11.5 Å². The fourth-order valence-corrected chi connectivity index (χ4v) is 3.05. The number of hydrogen-bond acceptors (Lipinski definition) is 4. The van der Waals surface area contributed by atoms with Crippen LogP contribution in [-0.2, 0) is 20.1 Å². The third-order valence-corrected chi connectivity index (χ3v) is 4.36. The average molecular weight is 501 g/mol. The summed E-state index contributed by atoms with van der Waals surface area (Å²) in [5, 5.41) is 7.98. The molecule has 0 atom stereocenters. The molecule has 0 radical (unpaired) electrons. The maximum Gasteiger partial charge on any atom is 0.193 e. The summed E-state index contributed by atoms with van der Waals surface area (Å²) in [6, 6.07) is 5.89. The molecule has 7 nitrogen and oxygen atoms in total. The number of ether oxygens (including phenoxy) is 2. The summed E-state index contributed by atoms with van der Waals surface area (Å²) in [6.45, 7) is 5.71. The zero-order chi connectivity index (χ0) is 20.0. The Morgan fingerprint density at radius 2 is 1.93 bits per heavy atom. The number of nitrogens with zero attached hydrogens (tertiary/aromatic N) is 4. The van der Waals surface area contributed by atoms with Crippen LogP contribution in [0.25, 0.3) is 0 Å². The Bertz CT molecular complexity index is 789. The largest absolute Gasteiger partial charge is 0.493 e. The van der Waals surface area contributed by atoms with Crippen molar-refractivity contribution in [3.8, 4) is 11.5 Å². The molecule has 0 amide bonds. The highest BCUT2D eigenvalue weighted by Crippen LogP contribution is 2.27. The number of hydrogen-bond donors (Lipinski definition) is 1. The van der Waals surface area contributed by atoms with Crippen molar-refractivity contribution < 1.29 is 9.47 Å². The molecule has 8 heteroatoms. The van der Waals surface area contributed by atoms with Crippen molar-refractivity contribution in [2.24, 2.45) is 12.0 Å². The molecular weight excluding hydrogens is 469 g/mol. The van der Waals surface area contributed by atoms with Crippen LogP contribution in [0.4, 0.5) is 0 Å². The van der Waals surface area contributed by atoms with Gasteiger partial charge in [-0.1, -0.05) is 19.9 Å². The summed E-state index contributed by atoms with van der Waals surface area (Å²) in [5.74, 6) is 2.65. The molecule has 156 valence electrons. The monoisotopic (exact) mass is 501 g/mol. The van der Waals surface area contributed by atoms with Gasteiger partial charge >= 0.3 is 0 Å². The number of methoxy groups -OCH3 is 2. The van der Waals surface area contributed by atoms with E-state index < -0.39 is 0 Å². The molecule has 1 aromatic heterocycles. The van der Waals surface area contributed by atoms with Crippen LogP contribution in [0.2, 0.25) is 0 Å². The molecule has 28 heavy (non-hydrogen) atoms. The average Bonchev–Trinajstić information content (AvgIpc) is 3.02. The van der Waals surface area contributed by atoms with Gasteiger partial charge in [-0.15, -0.1) is 24.0 Å². The molecule has 1 aromatic carbocycles. The van der Waals surface area contributed by atoms with E-state index in [1.54, 1.807) is 21.3 Å². The summed E-state index contributed by atoms with van der Waals surface area (Å²) >= 11 is 0. The highest BCUT2D eigenvalue weighted by Gasteiger charge is 2.15. The van der Waals surface area contributed by atoms with Gasteiger partial charge in [0.25, 0.3) is 0 Å². The number of aliphatic imine (C=N–C) groups is 1. The van der Waals surface area contributed by atoms with E-state index in [9.17, 15) is 0 Å². The topological polar surface area (TPSA) is 63.9 Å². The van der Waals surface area contributed by atoms with Crippen LogP contribution in [-0.4, -0.2) is 49.0 Å². The number of rotatable bonds is 7. The molecule has 0 bridgehead atoms. The van der Waals surface area contributed by atoms with E-state index in [-0.39, 0.29) is 24.0 Å².